The van der Waals surface area contributed by atoms with Crippen molar-refractivity contribution in [1.82, 2.24) is 14.8 Å². The minimum atomic E-state index is -0.493. The lowest BCUT2D eigenvalue weighted by Crippen LogP contribution is -2.11. The molecular weight excluding hydrogens is 380 g/mol. The third kappa shape index (κ3) is 4.37. The average Bonchev–Trinajstić information content (AvgIpc) is 3.07. The highest BCUT2D eigenvalue weighted by atomic mass is 32.2. The lowest BCUT2D eigenvalue weighted by Gasteiger charge is -2.14. The highest BCUT2D eigenvalue weighted by Gasteiger charge is 2.24. The lowest BCUT2D eigenvalue weighted by atomic mass is 10.1. The highest BCUT2D eigenvalue weighted by molar-refractivity contribution is 7.99. The Morgan fingerprint density at radius 3 is 2.46 bits per heavy atom. The van der Waals surface area contributed by atoms with Gasteiger partial charge in [-0.3, -0.25) is 14.7 Å². The number of nitro groups is 1. The summed E-state index contributed by atoms with van der Waals surface area (Å²) in [6, 6.07) is 16.2. The number of para-hydroxylation sites is 1. The number of thioether (sulfide) groups is 1. The normalized spacial score (nSPS) is 11.8. The molecule has 9 heteroatoms. The predicted octanol–water partition coefficient (Wildman–Crippen LogP) is 3.47. The van der Waals surface area contributed by atoms with Crippen molar-refractivity contribution in [2.45, 2.75) is 17.3 Å². The number of esters is 1. The van der Waals surface area contributed by atoms with E-state index in [2.05, 4.69) is 10.2 Å². The minimum Gasteiger partial charge on any atom is -0.465 e. The maximum atomic E-state index is 11.6. The van der Waals surface area contributed by atoms with Crippen molar-refractivity contribution in [3.8, 4) is 5.69 Å². The van der Waals surface area contributed by atoms with Crippen LogP contribution in [0.1, 0.15) is 27.0 Å². The van der Waals surface area contributed by atoms with Gasteiger partial charge >= 0.3 is 5.97 Å². The number of carbonyl (C=O) groups excluding carboxylic acids is 1. The van der Waals surface area contributed by atoms with Crippen molar-refractivity contribution >= 4 is 17.7 Å². The third-order valence-electron chi connectivity index (χ3n) is 4.08. The number of methoxy groups -OCH3 is 1. The highest BCUT2D eigenvalue weighted by Crippen LogP contribution is 2.36. The van der Waals surface area contributed by atoms with Gasteiger partial charge in [-0.25, -0.2) is 4.79 Å². The quantitative estimate of drug-likeness (QED) is 0.260. The molecule has 0 radical (unpaired) electrons. The second kappa shape index (κ2) is 8.66. The third-order valence-corrected chi connectivity index (χ3v) is 5.26. The van der Waals surface area contributed by atoms with Gasteiger partial charge in [-0.05, 0) is 36.8 Å². The molecule has 8 nitrogen and oxygen atoms in total. The number of hydrogen-bond acceptors (Lipinski definition) is 7. The molecule has 0 aliphatic carbocycles. The summed E-state index contributed by atoms with van der Waals surface area (Å²) in [7, 11) is 1.31. The first-order valence-corrected chi connectivity index (χ1v) is 9.31. The van der Waals surface area contributed by atoms with E-state index in [1.165, 1.54) is 18.9 Å². The van der Waals surface area contributed by atoms with Crippen LogP contribution in [0.3, 0.4) is 0 Å². The molecule has 0 aliphatic rings. The number of nitrogens with zero attached hydrogens (tertiary/aromatic N) is 4. The van der Waals surface area contributed by atoms with Crippen molar-refractivity contribution in [2.75, 3.05) is 13.7 Å². The van der Waals surface area contributed by atoms with Crippen LogP contribution in [0, 0.1) is 17.0 Å². The topological polar surface area (TPSA) is 100 Å². The van der Waals surface area contributed by atoms with Gasteiger partial charge in [-0.1, -0.05) is 42.1 Å². The van der Waals surface area contributed by atoms with E-state index in [1.807, 2.05) is 41.8 Å². The Kier molecular flexibility index (Phi) is 6.05. The molecule has 0 unspecified atom stereocenters. The molecule has 3 aromatic rings. The Morgan fingerprint density at radius 2 is 1.86 bits per heavy atom. The summed E-state index contributed by atoms with van der Waals surface area (Å²) in [4.78, 5) is 22.5. The Balaban J connectivity index is 1.92. The molecule has 3 rings (SSSR count). The Bertz CT molecular complexity index is 973. The Morgan fingerprint density at radius 1 is 1.18 bits per heavy atom. The summed E-state index contributed by atoms with van der Waals surface area (Å²) in [6.45, 7) is 1.54. The van der Waals surface area contributed by atoms with Gasteiger partial charge in [0.15, 0.2) is 5.16 Å². The van der Waals surface area contributed by atoms with Crippen LogP contribution < -0.4 is 0 Å². The Labute approximate surface area is 165 Å². The molecule has 1 heterocycles. The standard InChI is InChI=1S/C19H18N4O4S/c1-13-20-21-19(23(13)16-6-4-3-5-7-16)28-17(12-22(25)26)14-8-10-15(11-9-14)18(24)27-2/h3-11,17H,12H2,1-2H3/t17-/m1/s1. The van der Waals surface area contributed by atoms with Crippen molar-refractivity contribution in [3.05, 3.63) is 81.7 Å². The van der Waals surface area contributed by atoms with Crippen LogP contribution in [0.25, 0.3) is 5.69 Å². The maximum Gasteiger partial charge on any atom is 0.337 e. The number of hydrogen-bond donors (Lipinski definition) is 0. The molecule has 2 aromatic carbocycles. The Hall–Kier alpha value is -3.20. The predicted molar refractivity (Wildman–Crippen MR) is 104 cm³/mol. The van der Waals surface area contributed by atoms with Gasteiger partial charge in [0.25, 0.3) is 0 Å². The van der Waals surface area contributed by atoms with Crippen LogP contribution in [0.2, 0.25) is 0 Å². The second-order valence-corrected chi connectivity index (χ2v) is 7.11. The van der Waals surface area contributed by atoms with E-state index in [0.717, 1.165) is 11.3 Å². The summed E-state index contributed by atoms with van der Waals surface area (Å²) >= 11 is 1.26. The van der Waals surface area contributed by atoms with Gasteiger partial charge in [0.2, 0.25) is 6.54 Å². The average molecular weight is 398 g/mol. The van der Waals surface area contributed by atoms with Crippen LogP contribution in [0.15, 0.2) is 59.8 Å². The first-order chi connectivity index (χ1) is 13.5. The zero-order valence-corrected chi connectivity index (χ0v) is 16.1. The maximum absolute atomic E-state index is 11.6. The van der Waals surface area contributed by atoms with E-state index in [-0.39, 0.29) is 11.5 Å². The molecule has 0 N–H and O–H groups in total. The molecule has 1 aromatic heterocycles. The molecule has 0 fully saturated rings. The summed E-state index contributed by atoms with van der Waals surface area (Å²) in [5, 5.41) is 19.6. The van der Waals surface area contributed by atoms with Gasteiger partial charge in [-0.2, -0.15) is 0 Å². The number of aryl methyl sites for hydroxylation is 1. The summed E-state index contributed by atoms with van der Waals surface area (Å²) < 4.78 is 6.55. The van der Waals surface area contributed by atoms with Crippen LogP contribution in [-0.2, 0) is 4.74 Å². The van der Waals surface area contributed by atoms with E-state index in [0.29, 0.717) is 16.5 Å². The summed E-state index contributed by atoms with van der Waals surface area (Å²) in [6.07, 6.45) is 0. The number of aromatic nitrogens is 3. The van der Waals surface area contributed by atoms with Crippen molar-refractivity contribution in [3.63, 3.8) is 0 Å². The first-order valence-electron chi connectivity index (χ1n) is 8.43. The van der Waals surface area contributed by atoms with Crippen LogP contribution in [0.5, 0.6) is 0 Å². The molecule has 1 atom stereocenters. The van der Waals surface area contributed by atoms with Crippen LogP contribution >= 0.6 is 11.8 Å². The van der Waals surface area contributed by atoms with E-state index >= 15 is 0 Å². The largest absolute Gasteiger partial charge is 0.465 e. The van der Waals surface area contributed by atoms with Gasteiger partial charge < -0.3 is 4.74 Å². The van der Waals surface area contributed by atoms with Gasteiger partial charge in [0.05, 0.1) is 12.7 Å². The molecule has 144 valence electrons. The van der Waals surface area contributed by atoms with Crippen molar-refractivity contribution in [1.29, 1.82) is 0 Å². The molecule has 0 bridgehead atoms. The lowest BCUT2D eigenvalue weighted by molar-refractivity contribution is -0.479. The van der Waals surface area contributed by atoms with E-state index in [1.54, 1.807) is 24.3 Å². The van der Waals surface area contributed by atoms with Crippen LogP contribution in [-0.4, -0.2) is 39.3 Å². The molecule has 0 aliphatic heterocycles. The SMILES string of the molecule is COC(=O)c1ccc([C@@H](C[N+](=O)[O-])Sc2nnc(C)n2-c2ccccc2)cc1. The van der Waals surface area contributed by atoms with Gasteiger partial charge in [-0.15, -0.1) is 10.2 Å². The van der Waals surface area contributed by atoms with Crippen molar-refractivity contribution in [2.24, 2.45) is 0 Å². The smallest absolute Gasteiger partial charge is 0.337 e. The molecular formula is C19H18N4O4S. The monoisotopic (exact) mass is 398 g/mol. The second-order valence-electron chi connectivity index (χ2n) is 5.94. The molecule has 0 amide bonds. The van der Waals surface area contributed by atoms with Crippen molar-refractivity contribution < 1.29 is 14.5 Å². The van der Waals surface area contributed by atoms with Gasteiger partial charge in [0.1, 0.15) is 11.1 Å². The fourth-order valence-corrected chi connectivity index (χ4v) is 3.89. The summed E-state index contributed by atoms with van der Waals surface area (Å²) in [5.74, 6) is 0.235. The first kappa shape index (κ1) is 19.6. The van der Waals surface area contributed by atoms with E-state index < -0.39 is 11.2 Å². The van der Waals surface area contributed by atoms with E-state index in [4.69, 9.17) is 4.74 Å². The molecule has 0 spiro atoms. The summed E-state index contributed by atoms with van der Waals surface area (Å²) in [5.41, 5.74) is 1.99. The van der Waals surface area contributed by atoms with Gasteiger partial charge in [0, 0.05) is 10.6 Å². The number of carbonyl (C=O) groups is 1. The fraction of sp³-hybridized carbons (Fsp3) is 0.211. The molecule has 0 saturated heterocycles. The van der Waals surface area contributed by atoms with Crippen LogP contribution in [0.4, 0.5) is 0 Å². The van der Waals surface area contributed by atoms with E-state index in [9.17, 15) is 14.9 Å². The number of rotatable bonds is 7. The number of benzene rings is 2. The zero-order valence-electron chi connectivity index (χ0n) is 15.3. The molecule has 0 saturated carbocycles. The fourth-order valence-electron chi connectivity index (χ4n) is 2.72. The minimum absolute atomic E-state index is 0.289. The zero-order chi connectivity index (χ0) is 20.1. The molecule has 28 heavy (non-hydrogen) atoms. The number of ether oxygens (including phenoxy) is 1.